The molecule has 4 N–H and O–H groups in total. The van der Waals surface area contributed by atoms with Crippen LogP contribution in [-0.4, -0.2) is 46.1 Å². The first kappa shape index (κ1) is 32.7. The molecular weight excluding hydrogens is 497 g/mol. The highest BCUT2D eigenvalue weighted by Crippen LogP contribution is 2.22. The SMILES string of the molecule is CCCCCCCCCCCCCC[C@@H](O)[C@@H](O)C(CO)NC(=O)Cc1ccc(Oc2ccc(F)cc2)cc1. The normalized spacial score (nSPS) is 13.6. The maximum absolute atomic E-state index is 13.0. The van der Waals surface area contributed by atoms with Crippen LogP contribution in [0.1, 0.15) is 96.0 Å². The van der Waals surface area contributed by atoms with E-state index in [1.807, 2.05) is 0 Å². The van der Waals surface area contributed by atoms with Crippen molar-refractivity contribution >= 4 is 5.91 Å². The van der Waals surface area contributed by atoms with E-state index >= 15 is 0 Å². The van der Waals surface area contributed by atoms with Crippen molar-refractivity contribution in [3.63, 3.8) is 0 Å². The Morgan fingerprint density at radius 2 is 1.28 bits per heavy atom. The first-order valence-corrected chi connectivity index (χ1v) is 14.7. The van der Waals surface area contributed by atoms with Crippen molar-refractivity contribution in [2.24, 2.45) is 0 Å². The van der Waals surface area contributed by atoms with Gasteiger partial charge in [-0.1, -0.05) is 96.1 Å². The molecule has 218 valence electrons. The van der Waals surface area contributed by atoms with E-state index in [1.165, 1.54) is 82.1 Å². The molecule has 0 aliphatic rings. The van der Waals surface area contributed by atoms with Gasteiger partial charge < -0.3 is 25.4 Å². The number of benzene rings is 2. The number of aliphatic hydroxyl groups excluding tert-OH is 3. The predicted molar refractivity (Wildman–Crippen MR) is 153 cm³/mol. The number of aliphatic hydroxyl groups is 3. The topological polar surface area (TPSA) is 99.0 Å². The lowest BCUT2D eigenvalue weighted by atomic mass is 9.99. The van der Waals surface area contributed by atoms with Gasteiger partial charge in [0.05, 0.1) is 25.2 Å². The van der Waals surface area contributed by atoms with Gasteiger partial charge in [0.25, 0.3) is 0 Å². The van der Waals surface area contributed by atoms with Crippen molar-refractivity contribution in [1.29, 1.82) is 0 Å². The number of rotatable bonds is 21. The first-order valence-electron chi connectivity index (χ1n) is 14.7. The van der Waals surface area contributed by atoms with Gasteiger partial charge in [0.15, 0.2) is 0 Å². The zero-order valence-corrected chi connectivity index (χ0v) is 23.5. The second kappa shape index (κ2) is 19.6. The van der Waals surface area contributed by atoms with Crippen LogP contribution in [0.15, 0.2) is 48.5 Å². The number of hydrogen-bond donors (Lipinski definition) is 4. The molecule has 7 heteroatoms. The molecule has 0 fully saturated rings. The van der Waals surface area contributed by atoms with Crippen molar-refractivity contribution in [2.75, 3.05) is 6.61 Å². The van der Waals surface area contributed by atoms with Crippen LogP contribution in [0.4, 0.5) is 4.39 Å². The molecule has 2 rings (SSSR count). The number of carbonyl (C=O) groups excluding carboxylic acids is 1. The van der Waals surface area contributed by atoms with Crippen molar-refractivity contribution in [3.8, 4) is 11.5 Å². The van der Waals surface area contributed by atoms with E-state index in [1.54, 1.807) is 24.3 Å². The molecule has 0 spiro atoms. The molecule has 1 amide bonds. The third kappa shape index (κ3) is 13.9. The van der Waals surface area contributed by atoms with E-state index in [-0.39, 0.29) is 18.1 Å². The Morgan fingerprint density at radius 3 is 1.79 bits per heavy atom. The Hall–Kier alpha value is -2.48. The van der Waals surface area contributed by atoms with Gasteiger partial charge in [-0.05, 0) is 48.4 Å². The van der Waals surface area contributed by atoms with E-state index < -0.39 is 24.9 Å². The minimum Gasteiger partial charge on any atom is -0.457 e. The highest BCUT2D eigenvalue weighted by atomic mass is 19.1. The second-order valence-corrected chi connectivity index (χ2v) is 10.5. The van der Waals surface area contributed by atoms with Crippen LogP contribution in [0.5, 0.6) is 11.5 Å². The average molecular weight is 546 g/mol. The molecule has 0 aliphatic carbocycles. The molecule has 0 saturated heterocycles. The lowest BCUT2D eigenvalue weighted by Gasteiger charge is -2.26. The molecular formula is C32H48FNO5. The summed E-state index contributed by atoms with van der Waals surface area (Å²) in [4.78, 5) is 12.5. The Labute approximate surface area is 233 Å². The van der Waals surface area contributed by atoms with E-state index in [2.05, 4.69) is 12.2 Å². The Morgan fingerprint density at radius 1 is 0.795 bits per heavy atom. The second-order valence-electron chi connectivity index (χ2n) is 10.5. The maximum Gasteiger partial charge on any atom is 0.224 e. The van der Waals surface area contributed by atoms with E-state index in [4.69, 9.17) is 4.74 Å². The summed E-state index contributed by atoms with van der Waals surface area (Å²) < 4.78 is 18.7. The number of nitrogens with one attached hydrogen (secondary N) is 1. The number of amides is 1. The summed E-state index contributed by atoms with van der Waals surface area (Å²) in [5.41, 5.74) is 0.724. The largest absolute Gasteiger partial charge is 0.457 e. The van der Waals surface area contributed by atoms with Gasteiger partial charge in [0.2, 0.25) is 5.91 Å². The van der Waals surface area contributed by atoms with Gasteiger partial charge in [-0.2, -0.15) is 0 Å². The summed E-state index contributed by atoms with van der Waals surface area (Å²) in [6, 6.07) is 11.7. The lowest BCUT2D eigenvalue weighted by molar-refractivity contribution is -0.123. The van der Waals surface area contributed by atoms with E-state index in [9.17, 15) is 24.5 Å². The Kier molecular flexibility index (Phi) is 16.4. The van der Waals surface area contributed by atoms with E-state index in [0.29, 0.717) is 17.9 Å². The molecule has 2 aromatic rings. The monoisotopic (exact) mass is 545 g/mol. The summed E-state index contributed by atoms with van der Waals surface area (Å²) in [5, 5.41) is 33.2. The van der Waals surface area contributed by atoms with Gasteiger partial charge in [-0.3, -0.25) is 4.79 Å². The molecule has 1 unspecified atom stereocenters. The minimum atomic E-state index is -1.24. The lowest BCUT2D eigenvalue weighted by Crippen LogP contribution is -2.51. The van der Waals surface area contributed by atoms with Gasteiger partial charge >= 0.3 is 0 Å². The van der Waals surface area contributed by atoms with Crippen LogP contribution >= 0.6 is 0 Å². The summed E-state index contributed by atoms with van der Waals surface area (Å²) in [6.45, 7) is 1.77. The van der Waals surface area contributed by atoms with Crippen LogP contribution in [0.25, 0.3) is 0 Å². The van der Waals surface area contributed by atoms with Crippen LogP contribution in [0.2, 0.25) is 0 Å². The molecule has 3 atom stereocenters. The summed E-state index contributed by atoms with van der Waals surface area (Å²) >= 11 is 0. The first-order chi connectivity index (χ1) is 18.9. The molecule has 0 radical (unpaired) electrons. The summed E-state index contributed by atoms with van der Waals surface area (Å²) in [6.07, 6.45) is 12.9. The third-order valence-electron chi connectivity index (χ3n) is 7.04. The smallest absolute Gasteiger partial charge is 0.224 e. The van der Waals surface area contributed by atoms with Crippen LogP contribution in [0.3, 0.4) is 0 Å². The van der Waals surface area contributed by atoms with Crippen LogP contribution in [-0.2, 0) is 11.2 Å². The molecule has 39 heavy (non-hydrogen) atoms. The fourth-order valence-electron chi connectivity index (χ4n) is 4.63. The number of hydrogen-bond acceptors (Lipinski definition) is 5. The fraction of sp³-hybridized carbons (Fsp3) is 0.594. The van der Waals surface area contributed by atoms with E-state index in [0.717, 1.165) is 24.8 Å². The van der Waals surface area contributed by atoms with Gasteiger partial charge in [-0.15, -0.1) is 0 Å². The molecule has 0 aromatic heterocycles. The maximum atomic E-state index is 13.0. The third-order valence-corrected chi connectivity index (χ3v) is 7.04. The fourth-order valence-corrected chi connectivity index (χ4v) is 4.63. The number of carbonyl (C=O) groups is 1. The molecule has 2 aromatic carbocycles. The van der Waals surface area contributed by atoms with Crippen molar-refractivity contribution in [2.45, 2.75) is 115 Å². The number of unbranched alkanes of at least 4 members (excludes halogenated alkanes) is 11. The molecule has 0 heterocycles. The van der Waals surface area contributed by atoms with Gasteiger partial charge in [-0.25, -0.2) is 4.39 Å². The Bertz CT molecular complexity index is 906. The van der Waals surface area contributed by atoms with Crippen molar-refractivity contribution < 1.29 is 29.2 Å². The minimum absolute atomic E-state index is 0.0505. The van der Waals surface area contributed by atoms with Crippen molar-refractivity contribution in [3.05, 3.63) is 59.9 Å². The van der Waals surface area contributed by atoms with Crippen molar-refractivity contribution in [1.82, 2.24) is 5.32 Å². The molecule has 0 bridgehead atoms. The standard InChI is InChI=1S/C32H48FNO5/c1-2-3-4-5-6-7-8-9-10-11-12-13-14-30(36)32(38)29(24-35)34-31(37)23-25-15-19-27(20-16-25)39-28-21-17-26(33)18-22-28/h15-22,29-30,32,35-36,38H,2-14,23-24H2,1H3,(H,34,37)/t29?,30-,32+/m1/s1. The molecule has 0 saturated carbocycles. The predicted octanol–water partition coefficient (Wildman–Crippen LogP) is 6.45. The quantitative estimate of drug-likeness (QED) is 0.135. The molecule has 6 nitrogen and oxygen atoms in total. The van der Waals surface area contributed by atoms with Gasteiger partial charge in [0.1, 0.15) is 23.4 Å². The summed E-state index contributed by atoms with van der Waals surface area (Å²) in [7, 11) is 0. The average Bonchev–Trinajstić information content (AvgIpc) is 2.94. The molecule has 0 aliphatic heterocycles. The van der Waals surface area contributed by atoms with Gasteiger partial charge in [0, 0.05) is 0 Å². The highest BCUT2D eigenvalue weighted by molar-refractivity contribution is 5.79. The van der Waals surface area contributed by atoms with Crippen LogP contribution in [0, 0.1) is 5.82 Å². The number of ether oxygens (including phenoxy) is 1. The zero-order valence-electron chi connectivity index (χ0n) is 23.5. The zero-order chi connectivity index (χ0) is 28.3. The summed E-state index contributed by atoms with van der Waals surface area (Å²) in [5.74, 6) is 0.351. The highest BCUT2D eigenvalue weighted by Gasteiger charge is 2.27. The number of halogens is 1. The Balaban J connectivity index is 1.62. The van der Waals surface area contributed by atoms with Crippen LogP contribution < -0.4 is 10.1 Å².